The number of likely N-dealkylation sites (N-methyl/N-ethyl adjacent to an activating group) is 1. The number of methoxy groups -OCH3 is 1. The Morgan fingerprint density at radius 1 is 1.46 bits per heavy atom. The quantitative estimate of drug-likeness (QED) is 0.246. The average molecular weight is 528 g/mol. The van der Waals surface area contributed by atoms with E-state index >= 15 is 0 Å². The van der Waals surface area contributed by atoms with Crippen molar-refractivity contribution < 1.29 is 13.9 Å². The molecule has 0 radical (unpaired) electrons. The van der Waals surface area contributed by atoms with Crippen LogP contribution in [0.3, 0.4) is 0 Å². The average Bonchev–Trinajstić information content (AvgIpc) is 3.10. The summed E-state index contributed by atoms with van der Waals surface area (Å²) in [7, 11) is 5.03. The molecule has 0 bridgehead atoms. The minimum Gasteiger partial charge on any atom is -0.383 e. The Kier molecular flexibility index (Phi) is 10.8. The maximum absolute atomic E-state index is 13.4. The summed E-state index contributed by atoms with van der Waals surface area (Å²) < 4.78 is 18.4. The third-order valence-electron chi connectivity index (χ3n) is 4.27. The summed E-state index contributed by atoms with van der Waals surface area (Å²) in [6.07, 6.45) is 0.890. The van der Waals surface area contributed by atoms with Crippen LogP contribution in [0.25, 0.3) is 0 Å². The molecule has 0 aliphatic carbocycles. The normalized spacial score (nSPS) is 16.5. The minimum atomic E-state index is -0.420. The third-order valence-corrected chi connectivity index (χ3v) is 4.56. The van der Waals surface area contributed by atoms with Crippen molar-refractivity contribution in [3.05, 3.63) is 29.0 Å². The van der Waals surface area contributed by atoms with Crippen LogP contribution < -0.4 is 15.5 Å². The van der Waals surface area contributed by atoms with E-state index in [-0.39, 0.29) is 47.5 Å². The van der Waals surface area contributed by atoms with Crippen molar-refractivity contribution >= 4 is 53.1 Å². The van der Waals surface area contributed by atoms with Gasteiger partial charge in [-0.05, 0) is 24.6 Å². The van der Waals surface area contributed by atoms with Crippen molar-refractivity contribution in [3.63, 3.8) is 0 Å². The third kappa shape index (κ3) is 7.59. The zero-order valence-corrected chi connectivity index (χ0v) is 19.5. The van der Waals surface area contributed by atoms with Gasteiger partial charge in [-0.1, -0.05) is 11.6 Å². The van der Waals surface area contributed by atoms with Crippen molar-refractivity contribution in [1.82, 2.24) is 15.5 Å². The first kappa shape index (κ1) is 24.7. The molecule has 0 saturated carbocycles. The molecule has 1 heterocycles. The number of rotatable bonds is 7. The van der Waals surface area contributed by atoms with Gasteiger partial charge in [0.2, 0.25) is 5.91 Å². The first-order valence-corrected chi connectivity index (χ1v) is 9.22. The molecule has 10 heteroatoms. The molecule has 28 heavy (non-hydrogen) atoms. The largest absolute Gasteiger partial charge is 0.383 e. The predicted octanol–water partition coefficient (Wildman–Crippen LogP) is 1.95. The number of carbonyl (C=O) groups is 1. The lowest BCUT2D eigenvalue weighted by atomic mass is 10.2. The number of hydrogen-bond acceptors (Lipinski definition) is 4. The second-order valence-electron chi connectivity index (χ2n) is 6.55. The zero-order valence-electron chi connectivity index (χ0n) is 16.4. The molecule has 2 N–H and O–H groups in total. The molecule has 7 nitrogen and oxygen atoms in total. The van der Waals surface area contributed by atoms with Gasteiger partial charge in [0.1, 0.15) is 12.4 Å². The fourth-order valence-electron chi connectivity index (χ4n) is 2.70. The Balaban J connectivity index is 0.00000392. The van der Waals surface area contributed by atoms with Gasteiger partial charge in [-0.15, -0.1) is 24.0 Å². The lowest BCUT2D eigenvalue weighted by Gasteiger charge is -2.21. The van der Waals surface area contributed by atoms with Crippen LogP contribution in [0.2, 0.25) is 5.02 Å². The highest BCUT2D eigenvalue weighted by atomic mass is 127. The number of ether oxygens (including phenoxy) is 1. The predicted molar refractivity (Wildman–Crippen MR) is 121 cm³/mol. The highest BCUT2D eigenvalue weighted by Gasteiger charge is 2.24. The van der Waals surface area contributed by atoms with E-state index in [0.29, 0.717) is 19.1 Å². The Morgan fingerprint density at radius 2 is 2.21 bits per heavy atom. The fraction of sp³-hybridized carbons (Fsp3) is 0.556. The number of benzene rings is 1. The van der Waals surface area contributed by atoms with E-state index in [9.17, 15) is 9.18 Å². The first-order chi connectivity index (χ1) is 12.9. The van der Waals surface area contributed by atoms with Gasteiger partial charge >= 0.3 is 0 Å². The van der Waals surface area contributed by atoms with Gasteiger partial charge in [0.05, 0.1) is 11.6 Å². The second-order valence-corrected chi connectivity index (χ2v) is 6.95. The van der Waals surface area contributed by atoms with Gasteiger partial charge in [0, 0.05) is 52.6 Å². The van der Waals surface area contributed by atoms with Crippen molar-refractivity contribution in [2.24, 2.45) is 4.99 Å². The van der Waals surface area contributed by atoms with Gasteiger partial charge in [-0.25, -0.2) is 9.38 Å². The number of hydrogen-bond donors (Lipinski definition) is 2. The molecule has 1 unspecified atom stereocenters. The number of anilines is 1. The molecule has 1 aliphatic heterocycles. The van der Waals surface area contributed by atoms with E-state index in [1.165, 1.54) is 11.0 Å². The Bertz CT molecular complexity index is 677. The molecule has 0 aromatic heterocycles. The molecule has 1 saturated heterocycles. The first-order valence-electron chi connectivity index (χ1n) is 8.84. The van der Waals surface area contributed by atoms with Crippen LogP contribution >= 0.6 is 35.6 Å². The molecular formula is C18H28ClFIN5O2. The van der Waals surface area contributed by atoms with Crippen LogP contribution in [-0.4, -0.2) is 76.8 Å². The van der Waals surface area contributed by atoms with Gasteiger partial charge in [-0.2, -0.15) is 0 Å². The van der Waals surface area contributed by atoms with E-state index in [2.05, 4.69) is 20.5 Å². The monoisotopic (exact) mass is 527 g/mol. The Morgan fingerprint density at radius 3 is 2.86 bits per heavy atom. The van der Waals surface area contributed by atoms with Crippen molar-refractivity contribution in [3.8, 4) is 0 Å². The van der Waals surface area contributed by atoms with Gasteiger partial charge < -0.3 is 25.2 Å². The van der Waals surface area contributed by atoms with Crippen LogP contribution in [0.5, 0.6) is 0 Å². The standard InChI is InChI=1S/C18H27ClFN5O2.HI/c1-24(2)17(26)11-22-18(21-7-9-27-3)23-13-6-8-25(12-13)14-4-5-16(20)15(19)10-14;/h4-5,10,13H,6-9,11-12H2,1-3H3,(H2,21,22,23);1H. The highest BCUT2D eigenvalue weighted by Crippen LogP contribution is 2.25. The van der Waals surface area contributed by atoms with E-state index < -0.39 is 5.82 Å². The van der Waals surface area contributed by atoms with Gasteiger partial charge in [0.15, 0.2) is 5.96 Å². The summed E-state index contributed by atoms with van der Waals surface area (Å²) in [6.45, 7) is 2.74. The summed E-state index contributed by atoms with van der Waals surface area (Å²) in [5, 5.41) is 6.65. The molecule has 1 aromatic rings. The molecule has 1 amide bonds. The van der Waals surface area contributed by atoms with E-state index in [4.69, 9.17) is 16.3 Å². The summed E-state index contributed by atoms with van der Waals surface area (Å²) >= 11 is 5.89. The fourth-order valence-corrected chi connectivity index (χ4v) is 2.87. The van der Waals surface area contributed by atoms with Crippen LogP contribution in [0, 0.1) is 5.82 Å². The summed E-state index contributed by atoms with van der Waals surface area (Å²) in [6, 6.07) is 4.90. The highest BCUT2D eigenvalue weighted by molar-refractivity contribution is 14.0. The van der Waals surface area contributed by atoms with Gasteiger partial charge in [0.25, 0.3) is 0 Å². The molecular weight excluding hydrogens is 500 g/mol. The smallest absolute Gasteiger partial charge is 0.243 e. The minimum absolute atomic E-state index is 0. The molecule has 1 fully saturated rings. The van der Waals surface area contributed by atoms with Crippen LogP contribution in [0.4, 0.5) is 10.1 Å². The van der Waals surface area contributed by atoms with Crippen LogP contribution in [-0.2, 0) is 9.53 Å². The lowest BCUT2D eigenvalue weighted by Crippen LogP contribution is -2.46. The number of guanidine groups is 1. The van der Waals surface area contributed by atoms with Crippen molar-refractivity contribution in [2.75, 3.05) is 58.9 Å². The molecule has 2 rings (SSSR count). The molecule has 0 spiro atoms. The Hall–Kier alpha value is -1.33. The number of nitrogens with zero attached hydrogens (tertiary/aromatic N) is 3. The lowest BCUT2D eigenvalue weighted by molar-refractivity contribution is -0.127. The van der Waals surface area contributed by atoms with Crippen molar-refractivity contribution in [2.45, 2.75) is 12.5 Å². The van der Waals surface area contributed by atoms with Gasteiger partial charge in [-0.3, -0.25) is 4.79 Å². The number of carbonyl (C=O) groups excluding carboxylic acids is 1. The van der Waals surface area contributed by atoms with Crippen molar-refractivity contribution in [1.29, 1.82) is 0 Å². The number of aliphatic imine (C=N–C) groups is 1. The molecule has 1 atom stereocenters. The SMILES string of the molecule is COCCNC(=NCC(=O)N(C)C)NC1CCN(c2ccc(F)c(Cl)c2)C1.I. The summed E-state index contributed by atoms with van der Waals surface area (Å²) in [4.78, 5) is 19.8. The Labute approximate surface area is 187 Å². The number of halogens is 3. The zero-order chi connectivity index (χ0) is 19.8. The van der Waals surface area contributed by atoms with E-state index in [1.54, 1.807) is 33.3 Å². The maximum atomic E-state index is 13.4. The van der Waals surface area contributed by atoms with Crippen LogP contribution in [0.1, 0.15) is 6.42 Å². The molecule has 1 aromatic carbocycles. The summed E-state index contributed by atoms with van der Waals surface area (Å²) in [5.74, 6) is 0.0830. The maximum Gasteiger partial charge on any atom is 0.243 e. The molecule has 158 valence electrons. The van der Waals surface area contributed by atoms with E-state index in [0.717, 1.165) is 25.2 Å². The topological polar surface area (TPSA) is 69.2 Å². The molecule has 1 aliphatic rings. The number of amides is 1. The summed E-state index contributed by atoms with van der Waals surface area (Å²) in [5.41, 5.74) is 0.888. The van der Waals surface area contributed by atoms with E-state index in [1.807, 2.05) is 0 Å². The number of nitrogens with one attached hydrogen (secondary N) is 2. The second kappa shape index (κ2) is 12.3. The van der Waals surface area contributed by atoms with Crippen LogP contribution in [0.15, 0.2) is 23.2 Å².